The third-order valence-electron chi connectivity index (χ3n) is 5.51. The van der Waals surface area contributed by atoms with Gasteiger partial charge in [-0.05, 0) is 41.5 Å². The van der Waals surface area contributed by atoms with Crippen molar-refractivity contribution < 1.29 is 22.8 Å². The van der Waals surface area contributed by atoms with Crippen LogP contribution < -0.4 is 16.0 Å². The summed E-state index contributed by atoms with van der Waals surface area (Å²) in [6, 6.07) is 14.3. The zero-order valence-corrected chi connectivity index (χ0v) is 19.3. The van der Waals surface area contributed by atoms with E-state index < -0.39 is 23.6 Å². The third kappa shape index (κ3) is 6.26. The number of primary amides is 1. The van der Waals surface area contributed by atoms with E-state index in [1.165, 1.54) is 49.2 Å². The second-order valence-electron chi connectivity index (χ2n) is 8.00. The van der Waals surface area contributed by atoms with Crippen LogP contribution in [-0.2, 0) is 19.3 Å². The number of alkyl halides is 3. The molecule has 0 radical (unpaired) electrons. The minimum atomic E-state index is -4.50. The SMILES string of the molecule is NC(=O)c1cnccn1.O=C(Nc1cc(C(F)(F)F)ccc1N1Cc2ccccc2C1)c1ccncc1. The summed E-state index contributed by atoms with van der Waals surface area (Å²) in [6.45, 7) is 1.14. The standard InChI is InChI=1S/C21H16F3N3O.C5H5N3O/c22-21(23,24)17-5-6-19(27-12-15-3-1-2-4-16(15)13-27)18(11-17)26-20(28)14-7-9-25-10-8-14;6-5(9)4-3-7-1-2-8-4/h1-11H,12-13H2,(H,26,28);1-3H,(H2,6,9). The van der Waals surface area contributed by atoms with Crippen molar-refractivity contribution in [3.63, 3.8) is 0 Å². The molecule has 0 aliphatic carbocycles. The van der Waals surface area contributed by atoms with Gasteiger partial charge in [0, 0.05) is 43.4 Å². The maximum Gasteiger partial charge on any atom is 0.416 e. The highest BCUT2D eigenvalue weighted by atomic mass is 19.4. The van der Waals surface area contributed by atoms with Crippen LogP contribution in [0.4, 0.5) is 24.5 Å². The van der Waals surface area contributed by atoms with Gasteiger partial charge in [0.05, 0.1) is 23.1 Å². The first-order valence-corrected chi connectivity index (χ1v) is 11.0. The van der Waals surface area contributed by atoms with E-state index >= 15 is 0 Å². The molecule has 0 atom stereocenters. The number of rotatable bonds is 4. The predicted molar refractivity (Wildman–Crippen MR) is 131 cm³/mol. The van der Waals surface area contributed by atoms with Crippen LogP contribution in [0.5, 0.6) is 0 Å². The number of aromatic nitrogens is 3. The summed E-state index contributed by atoms with van der Waals surface area (Å²) in [5, 5.41) is 2.63. The van der Waals surface area contributed by atoms with Crippen molar-refractivity contribution in [1.82, 2.24) is 15.0 Å². The van der Waals surface area contributed by atoms with Crippen LogP contribution in [0.2, 0.25) is 0 Å². The van der Waals surface area contributed by atoms with Crippen LogP contribution in [0.3, 0.4) is 0 Å². The average Bonchev–Trinajstić information content (AvgIpc) is 3.33. The molecule has 5 rings (SSSR count). The molecule has 0 unspecified atom stereocenters. The number of carbonyl (C=O) groups excluding carboxylic acids is 2. The molecule has 37 heavy (non-hydrogen) atoms. The summed E-state index contributed by atoms with van der Waals surface area (Å²) in [5.41, 5.74) is 7.49. The maximum absolute atomic E-state index is 13.2. The Labute approximate surface area is 210 Å². The molecule has 3 N–H and O–H groups in total. The van der Waals surface area contributed by atoms with Gasteiger partial charge in [0.15, 0.2) is 0 Å². The minimum Gasteiger partial charge on any atom is -0.364 e. The molecular formula is C26H21F3N6O2. The first-order valence-electron chi connectivity index (χ1n) is 11.0. The number of benzene rings is 2. The molecule has 1 aliphatic heterocycles. The van der Waals surface area contributed by atoms with Crippen LogP contribution in [0.1, 0.15) is 37.5 Å². The van der Waals surface area contributed by atoms with E-state index in [9.17, 15) is 22.8 Å². The number of fused-ring (bicyclic) bond motifs is 1. The summed E-state index contributed by atoms with van der Waals surface area (Å²) < 4.78 is 39.7. The highest BCUT2D eigenvalue weighted by Crippen LogP contribution is 2.38. The van der Waals surface area contributed by atoms with Gasteiger partial charge in [0.2, 0.25) is 0 Å². The Morgan fingerprint density at radius 3 is 2.11 bits per heavy atom. The van der Waals surface area contributed by atoms with Gasteiger partial charge in [-0.1, -0.05) is 24.3 Å². The molecule has 3 heterocycles. The number of nitrogens with zero attached hydrogens (tertiary/aromatic N) is 4. The van der Waals surface area contributed by atoms with Crippen LogP contribution in [-0.4, -0.2) is 26.8 Å². The highest BCUT2D eigenvalue weighted by Gasteiger charge is 2.32. The fraction of sp³-hybridized carbons (Fsp3) is 0.115. The average molecular weight is 506 g/mol. The van der Waals surface area contributed by atoms with E-state index in [1.54, 1.807) is 0 Å². The number of pyridine rings is 1. The van der Waals surface area contributed by atoms with Crippen LogP contribution in [0, 0.1) is 0 Å². The quantitative estimate of drug-likeness (QED) is 0.423. The number of halogens is 3. The Hall–Kier alpha value is -4.80. The number of nitrogens with two attached hydrogens (primary N) is 1. The Morgan fingerprint density at radius 2 is 1.57 bits per heavy atom. The van der Waals surface area contributed by atoms with E-state index in [0.29, 0.717) is 24.3 Å². The minimum absolute atomic E-state index is 0.129. The number of hydrogen-bond donors (Lipinski definition) is 2. The van der Waals surface area contributed by atoms with Crippen molar-refractivity contribution in [3.8, 4) is 0 Å². The van der Waals surface area contributed by atoms with Crippen molar-refractivity contribution in [1.29, 1.82) is 0 Å². The van der Waals surface area contributed by atoms with E-state index in [2.05, 4.69) is 20.3 Å². The molecule has 0 bridgehead atoms. The summed E-state index contributed by atoms with van der Waals surface area (Å²) in [6.07, 6.45) is 2.63. The lowest BCUT2D eigenvalue weighted by Gasteiger charge is -2.23. The zero-order chi connectivity index (χ0) is 26.4. The monoisotopic (exact) mass is 506 g/mol. The molecule has 188 valence electrons. The largest absolute Gasteiger partial charge is 0.416 e. The second-order valence-corrected chi connectivity index (χ2v) is 8.00. The first-order chi connectivity index (χ1) is 17.7. The molecule has 0 fully saturated rings. The molecular weight excluding hydrogens is 485 g/mol. The van der Waals surface area contributed by atoms with Crippen LogP contribution in [0.15, 0.2) is 85.6 Å². The third-order valence-corrected chi connectivity index (χ3v) is 5.51. The smallest absolute Gasteiger partial charge is 0.364 e. The second kappa shape index (κ2) is 10.9. The number of carbonyl (C=O) groups is 2. The van der Waals surface area contributed by atoms with E-state index in [0.717, 1.165) is 23.3 Å². The summed E-state index contributed by atoms with van der Waals surface area (Å²) in [4.78, 5) is 35.9. The Balaban J connectivity index is 0.000000301. The molecule has 0 saturated heterocycles. The fourth-order valence-electron chi connectivity index (χ4n) is 3.72. The van der Waals surface area contributed by atoms with Gasteiger partial charge in [-0.25, -0.2) is 4.98 Å². The number of anilines is 2. The maximum atomic E-state index is 13.2. The van der Waals surface area contributed by atoms with Gasteiger partial charge in [-0.2, -0.15) is 13.2 Å². The highest BCUT2D eigenvalue weighted by molar-refractivity contribution is 6.06. The fourth-order valence-corrected chi connectivity index (χ4v) is 3.72. The van der Waals surface area contributed by atoms with Gasteiger partial charge in [0.1, 0.15) is 5.69 Å². The molecule has 2 aromatic heterocycles. The normalized spacial score (nSPS) is 12.2. The molecule has 0 spiro atoms. The van der Waals surface area contributed by atoms with E-state index in [1.807, 2.05) is 29.2 Å². The summed E-state index contributed by atoms with van der Waals surface area (Å²) in [5.74, 6) is -1.04. The van der Waals surface area contributed by atoms with E-state index in [-0.39, 0.29) is 11.4 Å². The van der Waals surface area contributed by atoms with Gasteiger partial charge >= 0.3 is 6.18 Å². The number of amides is 2. The van der Waals surface area contributed by atoms with Crippen LogP contribution >= 0.6 is 0 Å². The Bertz CT molecular complexity index is 1370. The van der Waals surface area contributed by atoms with Crippen molar-refractivity contribution in [3.05, 3.63) is 114 Å². The van der Waals surface area contributed by atoms with Gasteiger partial charge < -0.3 is 16.0 Å². The lowest BCUT2D eigenvalue weighted by Crippen LogP contribution is -2.20. The molecule has 2 amide bonds. The van der Waals surface area contributed by atoms with Crippen molar-refractivity contribution in [2.24, 2.45) is 5.73 Å². The molecule has 8 nitrogen and oxygen atoms in total. The van der Waals surface area contributed by atoms with E-state index in [4.69, 9.17) is 5.73 Å². The predicted octanol–water partition coefficient (Wildman–Crippen LogP) is 4.45. The number of hydrogen-bond acceptors (Lipinski definition) is 6. The summed E-state index contributed by atoms with van der Waals surface area (Å²) in [7, 11) is 0. The summed E-state index contributed by atoms with van der Waals surface area (Å²) >= 11 is 0. The van der Waals surface area contributed by atoms with Crippen molar-refractivity contribution >= 4 is 23.2 Å². The Kier molecular flexibility index (Phi) is 7.42. The molecule has 4 aromatic rings. The lowest BCUT2D eigenvalue weighted by molar-refractivity contribution is -0.137. The number of nitrogens with one attached hydrogen (secondary N) is 1. The van der Waals surface area contributed by atoms with Gasteiger partial charge in [-0.15, -0.1) is 0 Å². The Morgan fingerprint density at radius 1 is 0.892 bits per heavy atom. The van der Waals surface area contributed by atoms with Gasteiger partial charge in [0.25, 0.3) is 11.8 Å². The molecule has 1 aliphatic rings. The molecule has 0 saturated carbocycles. The molecule has 11 heteroatoms. The molecule has 2 aromatic carbocycles. The van der Waals surface area contributed by atoms with Gasteiger partial charge in [-0.3, -0.25) is 19.6 Å². The lowest BCUT2D eigenvalue weighted by atomic mass is 10.1. The van der Waals surface area contributed by atoms with Crippen LogP contribution in [0.25, 0.3) is 0 Å². The van der Waals surface area contributed by atoms with Crippen molar-refractivity contribution in [2.75, 3.05) is 10.2 Å². The zero-order valence-electron chi connectivity index (χ0n) is 19.3. The first kappa shape index (κ1) is 25.3. The van der Waals surface area contributed by atoms with Crippen molar-refractivity contribution in [2.45, 2.75) is 19.3 Å². The topological polar surface area (TPSA) is 114 Å².